The number of aliphatic hydroxyl groups excluding tert-OH is 3. The van der Waals surface area contributed by atoms with E-state index in [1.54, 1.807) is 0 Å². The molecule has 0 bridgehead atoms. The second kappa shape index (κ2) is 3.58. The molecule has 2 rings (SSSR count). The van der Waals surface area contributed by atoms with Crippen molar-refractivity contribution in [3.63, 3.8) is 0 Å². The van der Waals surface area contributed by atoms with Gasteiger partial charge in [0.1, 0.15) is 24.6 Å². The molecule has 0 unspecified atom stereocenters. The Hall–Kier alpha value is -1.09. The topological polar surface area (TPSA) is 114 Å². The summed E-state index contributed by atoms with van der Waals surface area (Å²) in [7, 11) is 0. The Morgan fingerprint density at radius 1 is 1.36 bits per heavy atom. The molecular formula is C6H10N4O4. The van der Waals surface area contributed by atoms with Crippen LogP contribution in [-0.4, -0.2) is 60.4 Å². The van der Waals surface area contributed by atoms with Crippen LogP contribution < -0.4 is 0 Å². The number of rotatable bonds is 2. The largest absolute Gasteiger partial charge is 0.394 e. The Morgan fingerprint density at radius 3 is 2.64 bits per heavy atom. The second-order valence-electron chi connectivity index (χ2n) is 3.02. The Kier molecular flexibility index (Phi) is 2.42. The zero-order valence-corrected chi connectivity index (χ0v) is 7.13. The van der Waals surface area contributed by atoms with E-state index < -0.39 is 24.5 Å². The van der Waals surface area contributed by atoms with Gasteiger partial charge >= 0.3 is 0 Å². The Morgan fingerprint density at radius 2 is 2.14 bits per heavy atom. The number of aromatic nitrogens is 4. The number of ether oxygens (including phenoxy) is 1. The van der Waals surface area contributed by atoms with E-state index >= 15 is 0 Å². The van der Waals surface area contributed by atoms with Crippen LogP contribution >= 0.6 is 0 Å². The summed E-state index contributed by atoms with van der Waals surface area (Å²) < 4.78 is 6.33. The van der Waals surface area contributed by atoms with E-state index in [1.807, 2.05) is 0 Å². The minimum Gasteiger partial charge on any atom is -0.394 e. The molecule has 8 heteroatoms. The normalized spacial score (nSPS) is 37.6. The zero-order valence-electron chi connectivity index (χ0n) is 7.13. The van der Waals surface area contributed by atoms with Crippen LogP contribution in [0.15, 0.2) is 6.33 Å². The summed E-state index contributed by atoms with van der Waals surface area (Å²) in [5.74, 6) is 0. The van der Waals surface area contributed by atoms with E-state index in [9.17, 15) is 10.2 Å². The molecule has 3 N–H and O–H groups in total. The molecule has 14 heavy (non-hydrogen) atoms. The van der Waals surface area contributed by atoms with E-state index in [-0.39, 0.29) is 6.61 Å². The first kappa shape index (κ1) is 9.46. The average molecular weight is 202 g/mol. The molecule has 1 aliphatic rings. The van der Waals surface area contributed by atoms with E-state index in [4.69, 9.17) is 9.84 Å². The monoisotopic (exact) mass is 202 g/mol. The fourth-order valence-electron chi connectivity index (χ4n) is 1.38. The molecule has 4 atom stereocenters. The van der Waals surface area contributed by atoms with E-state index in [0.29, 0.717) is 0 Å². The van der Waals surface area contributed by atoms with Gasteiger partial charge in [0.25, 0.3) is 0 Å². The molecule has 1 aromatic rings. The van der Waals surface area contributed by atoms with Crippen molar-refractivity contribution in [3.8, 4) is 0 Å². The van der Waals surface area contributed by atoms with Gasteiger partial charge in [-0.15, -0.1) is 5.10 Å². The first-order chi connectivity index (χ1) is 6.74. The second-order valence-corrected chi connectivity index (χ2v) is 3.02. The van der Waals surface area contributed by atoms with Crippen LogP contribution in [0.3, 0.4) is 0 Å². The number of tetrazole rings is 1. The van der Waals surface area contributed by atoms with Gasteiger partial charge < -0.3 is 20.1 Å². The van der Waals surface area contributed by atoms with Gasteiger partial charge in [-0.1, -0.05) is 0 Å². The highest BCUT2D eigenvalue weighted by molar-refractivity contribution is 4.87. The smallest absolute Gasteiger partial charge is 0.182 e. The number of hydrogen-bond acceptors (Lipinski definition) is 7. The van der Waals surface area contributed by atoms with Gasteiger partial charge in [-0.05, 0) is 10.4 Å². The maximum atomic E-state index is 9.53. The third-order valence-electron chi connectivity index (χ3n) is 2.14. The summed E-state index contributed by atoms with van der Waals surface area (Å²) in [5, 5.41) is 38.0. The highest BCUT2D eigenvalue weighted by Crippen LogP contribution is 2.27. The number of aliphatic hydroxyl groups is 3. The summed E-state index contributed by atoms with van der Waals surface area (Å²) >= 11 is 0. The summed E-state index contributed by atoms with van der Waals surface area (Å²) in [4.78, 5) is 0. The molecule has 1 aliphatic heterocycles. The highest BCUT2D eigenvalue weighted by Gasteiger charge is 2.43. The number of hydrogen-bond donors (Lipinski definition) is 3. The fraction of sp³-hybridized carbons (Fsp3) is 0.833. The van der Waals surface area contributed by atoms with Crippen molar-refractivity contribution in [1.82, 2.24) is 20.2 Å². The van der Waals surface area contributed by atoms with Crippen molar-refractivity contribution in [3.05, 3.63) is 6.33 Å². The van der Waals surface area contributed by atoms with Gasteiger partial charge in [0.15, 0.2) is 6.23 Å². The van der Waals surface area contributed by atoms with Gasteiger partial charge in [0.2, 0.25) is 0 Å². The van der Waals surface area contributed by atoms with Crippen LogP contribution in [0.5, 0.6) is 0 Å². The first-order valence-corrected chi connectivity index (χ1v) is 4.09. The third-order valence-corrected chi connectivity index (χ3v) is 2.14. The number of nitrogens with zero attached hydrogens (tertiary/aromatic N) is 4. The maximum Gasteiger partial charge on any atom is 0.182 e. The quantitative estimate of drug-likeness (QED) is 0.477. The molecule has 0 aromatic carbocycles. The van der Waals surface area contributed by atoms with Crippen LogP contribution in [0, 0.1) is 0 Å². The molecule has 1 fully saturated rings. The van der Waals surface area contributed by atoms with Gasteiger partial charge in [-0.3, -0.25) is 0 Å². The van der Waals surface area contributed by atoms with Crippen LogP contribution in [0.25, 0.3) is 0 Å². The molecule has 8 nitrogen and oxygen atoms in total. The van der Waals surface area contributed by atoms with Crippen LogP contribution in [-0.2, 0) is 4.74 Å². The molecule has 1 aromatic heterocycles. The lowest BCUT2D eigenvalue weighted by Gasteiger charge is -2.12. The van der Waals surface area contributed by atoms with Crippen molar-refractivity contribution in [2.75, 3.05) is 6.61 Å². The first-order valence-electron chi connectivity index (χ1n) is 4.09. The summed E-state index contributed by atoms with van der Waals surface area (Å²) in [5.41, 5.74) is 0. The molecule has 1 saturated heterocycles. The average Bonchev–Trinajstić information content (AvgIpc) is 2.78. The Balaban J connectivity index is 2.16. The van der Waals surface area contributed by atoms with Crippen molar-refractivity contribution in [1.29, 1.82) is 0 Å². The standard InChI is InChI=1S/C6H10N4O4/c11-1-3-4(12)5(13)6(14-3)10-2-7-8-9-10/h2-6,11-13H,1H2/t3-,4-,5-,6-/m1/s1. The lowest BCUT2D eigenvalue weighted by atomic mass is 10.1. The summed E-state index contributed by atoms with van der Waals surface area (Å²) in [6.07, 6.45) is -2.67. The molecule has 2 heterocycles. The summed E-state index contributed by atoms with van der Waals surface area (Å²) in [6.45, 7) is -0.364. The Bertz CT molecular complexity index is 292. The zero-order chi connectivity index (χ0) is 10.1. The van der Waals surface area contributed by atoms with Crippen molar-refractivity contribution < 1.29 is 20.1 Å². The molecule has 0 saturated carbocycles. The van der Waals surface area contributed by atoms with E-state index in [0.717, 1.165) is 0 Å². The minimum atomic E-state index is -1.14. The molecule has 0 amide bonds. The van der Waals surface area contributed by atoms with E-state index in [1.165, 1.54) is 11.0 Å². The van der Waals surface area contributed by atoms with Gasteiger partial charge in [0.05, 0.1) is 6.61 Å². The van der Waals surface area contributed by atoms with Crippen LogP contribution in [0.1, 0.15) is 6.23 Å². The molecule has 78 valence electrons. The van der Waals surface area contributed by atoms with Crippen LogP contribution in [0.2, 0.25) is 0 Å². The predicted molar refractivity (Wildman–Crippen MR) is 40.8 cm³/mol. The van der Waals surface area contributed by atoms with Crippen molar-refractivity contribution in [2.24, 2.45) is 0 Å². The van der Waals surface area contributed by atoms with Gasteiger partial charge in [0, 0.05) is 0 Å². The van der Waals surface area contributed by atoms with Crippen molar-refractivity contribution in [2.45, 2.75) is 24.5 Å². The van der Waals surface area contributed by atoms with Crippen molar-refractivity contribution >= 4 is 0 Å². The lowest BCUT2D eigenvalue weighted by Crippen LogP contribution is -2.33. The lowest BCUT2D eigenvalue weighted by molar-refractivity contribution is -0.0594. The molecule has 0 radical (unpaired) electrons. The maximum absolute atomic E-state index is 9.53. The van der Waals surface area contributed by atoms with E-state index in [2.05, 4.69) is 15.5 Å². The minimum absolute atomic E-state index is 0.364. The predicted octanol–water partition coefficient (Wildman–Crippen LogP) is -2.72. The third kappa shape index (κ3) is 1.38. The molecule has 0 spiro atoms. The fourth-order valence-corrected chi connectivity index (χ4v) is 1.38. The molecular weight excluding hydrogens is 192 g/mol. The summed E-state index contributed by atoms with van der Waals surface area (Å²) in [6, 6.07) is 0. The molecule has 0 aliphatic carbocycles. The highest BCUT2D eigenvalue weighted by atomic mass is 16.6. The Labute approximate surface area is 78.7 Å². The van der Waals surface area contributed by atoms with Crippen LogP contribution in [0.4, 0.5) is 0 Å². The SMILES string of the molecule is OC[C@H]1O[C@@H](n2cnnn2)[C@H](O)[C@@H]1O. The van der Waals surface area contributed by atoms with Gasteiger partial charge in [-0.2, -0.15) is 0 Å². The van der Waals surface area contributed by atoms with Gasteiger partial charge in [-0.25, -0.2) is 4.68 Å².